The van der Waals surface area contributed by atoms with Crippen molar-refractivity contribution in [2.75, 3.05) is 25.1 Å². The first kappa shape index (κ1) is 10.9. The van der Waals surface area contributed by atoms with Gasteiger partial charge in [0.1, 0.15) is 0 Å². The summed E-state index contributed by atoms with van der Waals surface area (Å²) in [5, 5.41) is 11.9. The highest BCUT2D eigenvalue weighted by atomic mass is 16.7. The van der Waals surface area contributed by atoms with E-state index in [0.29, 0.717) is 25.3 Å². The molecule has 16 heavy (non-hydrogen) atoms. The van der Waals surface area contributed by atoms with E-state index in [-0.39, 0.29) is 0 Å². The average molecular weight is 218 g/mol. The van der Waals surface area contributed by atoms with Gasteiger partial charge < -0.3 is 14.8 Å². The summed E-state index contributed by atoms with van der Waals surface area (Å²) < 4.78 is 10.9. The molecule has 1 aromatic rings. The number of nitrogens with one attached hydrogen (secondary N) is 1. The van der Waals surface area contributed by atoms with Crippen LogP contribution in [-0.2, 0) is 9.47 Å². The predicted octanol–water partition coefficient (Wildman–Crippen LogP) is 1.73. The number of nitriles is 1. The Balaban J connectivity index is 1.92. The SMILES string of the molecule is CC1(CNc2ccc(C#N)cc2)OCCO1. The number of rotatable bonds is 3. The molecule has 2 rings (SSSR count). The normalized spacial score (nSPS) is 18.0. The van der Waals surface area contributed by atoms with Crippen molar-refractivity contribution in [3.63, 3.8) is 0 Å². The molecular weight excluding hydrogens is 204 g/mol. The van der Waals surface area contributed by atoms with Gasteiger partial charge >= 0.3 is 0 Å². The van der Waals surface area contributed by atoms with Crippen molar-refractivity contribution >= 4 is 5.69 Å². The summed E-state index contributed by atoms with van der Waals surface area (Å²) in [5.41, 5.74) is 1.62. The van der Waals surface area contributed by atoms with Crippen molar-refractivity contribution in [3.8, 4) is 6.07 Å². The molecule has 0 spiro atoms. The van der Waals surface area contributed by atoms with Crippen molar-refractivity contribution in [1.82, 2.24) is 0 Å². The lowest BCUT2D eigenvalue weighted by Crippen LogP contribution is -2.34. The first-order valence-corrected chi connectivity index (χ1v) is 5.24. The maximum Gasteiger partial charge on any atom is 0.182 e. The third-order valence-electron chi connectivity index (χ3n) is 2.53. The third-order valence-corrected chi connectivity index (χ3v) is 2.53. The lowest BCUT2D eigenvalue weighted by molar-refractivity contribution is -0.129. The Hall–Kier alpha value is -1.57. The number of hydrogen-bond acceptors (Lipinski definition) is 4. The predicted molar refractivity (Wildman–Crippen MR) is 60.0 cm³/mol. The molecule has 4 nitrogen and oxygen atoms in total. The number of ether oxygens (including phenoxy) is 2. The highest BCUT2D eigenvalue weighted by Crippen LogP contribution is 2.19. The van der Waals surface area contributed by atoms with E-state index >= 15 is 0 Å². The lowest BCUT2D eigenvalue weighted by atomic mass is 10.2. The highest BCUT2D eigenvalue weighted by molar-refractivity contribution is 5.47. The van der Waals surface area contributed by atoms with Gasteiger partial charge in [0.05, 0.1) is 31.4 Å². The first-order chi connectivity index (χ1) is 7.72. The highest BCUT2D eigenvalue weighted by Gasteiger charge is 2.30. The summed E-state index contributed by atoms with van der Waals surface area (Å²) in [6.07, 6.45) is 0. The topological polar surface area (TPSA) is 54.3 Å². The monoisotopic (exact) mass is 218 g/mol. The van der Waals surface area contributed by atoms with E-state index in [1.54, 1.807) is 12.1 Å². The van der Waals surface area contributed by atoms with Gasteiger partial charge in [-0.3, -0.25) is 0 Å². The molecule has 0 radical (unpaired) electrons. The number of anilines is 1. The minimum absolute atomic E-state index is 0.534. The molecule has 4 heteroatoms. The van der Waals surface area contributed by atoms with Gasteiger partial charge in [-0.2, -0.15) is 5.26 Å². The molecule has 84 valence electrons. The van der Waals surface area contributed by atoms with Gasteiger partial charge in [-0.05, 0) is 31.2 Å². The fourth-order valence-electron chi connectivity index (χ4n) is 1.58. The Labute approximate surface area is 94.8 Å². The summed E-state index contributed by atoms with van der Waals surface area (Å²) >= 11 is 0. The lowest BCUT2D eigenvalue weighted by Gasteiger charge is -2.23. The maximum atomic E-state index is 8.66. The van der Waals surface area contributed by atoms with Crippen molar-refractivity contribution in [2.24, 2.45) is 0 Å². The zero-order valence-electron chi connectivity index (χ0n) is 9.19. The molecule has 0 amide bonds. The quantitative estimate of drug-likeness (QED) is 0.839. The number of nitrogens with zero attached hydrogens (tertiary/aromatic N) is 1. The summed E-state index contributed by atoms with van der Waals surface area (Å²) in [6, 6.07) is 9.38. The second-order valence-corrected chi connectivity index (χ2v) is 3.87. The van der Waals surface area contributed by atoms with Crippen molar-refractivity contribution in [2.45, 2.75) is 12.7 Å². The van der Waals surface area contributed by atoms with E-state index in [4.69, 9.17) is 14.7 Å². The molecule has 1 fully saturated rings. The summed E-state index contributed by atoms with van der Waals surface area (Å²) in [5.74, 6) is -0.534. The van der Waals surface area contributed by atoms with Crippen LogP contribution in [-0.4, -0.2) is 25.5 Å². The standard InChI is InChI=1S/C12H14N2O2/c1-12(15-6-7-16-12)9-14-11-4-2-10(8-13)3-5-11/h2-5,14H,6-7,9H2,1H3. The van der Waals surface area contributed by atoms with Crippen LogP contribution in [0.1, 0.15) is 12.5 Å². The van der Waals surface area contributed by atoms with E-state index in [1.807, 2.05) is 19.1 Å². The van der Waals surface area contributed by atoms with Crippen LogP contribution in [0.15, 0.2) is 24.3 Å². The summed E-state index contributed by atoms with van der Waals surface area (Å²) in [7, 11) is 0. The zero-order chi connectivity index (χ0) is 11.4. The van der Waals surface area contributed by atoms with Gasteiger partial charge in [-0.25, -0.2) is 0 Å². The van der Waals surface area contributed by atoms with Crippen LogP contribution in [0, 0.1) is 11.3 Å². The molecule has 1 aliphatic heterocycles. The van der Waals surface area contributed by atoms with Crippen molar-refractivity contribution in [1.29, 1.82) is 5.26 Å². The molecule has 0 unspecified atom stereocenters. The van der Waals surface area contributed by atoms with Crippen LogP contribution in [0.4, 0.5) is 5.69 Å². The first-order valence-electron chi connectivity index (χ1n) is 5.24. The van der Waals surface area contributed by atoms with Crippen LogP contribution in [0.2, 0.25) is 0 Å². The Morgan fingerprint density at radius 2 is 1.94 bits per heavy atom. The van der Waals surface area contributed by atoms with E-state index in [1.165, 1.54) is 0 Å². The Kier molecular flexibility index (Phi) is 3.09. The van der Waals surface area contributed by atoms with Gasteiger partial charge in [0, 0.05) is 5.69 Å². The molecule has 1 heterocycles. The molecule has 0 bridgehead atoms. The Morgan fingerprint density at radius 3 is 2.50 bits per heavy atom. The fraction of sp³-hybridized carbons (Fsp3) is 0.417. The van der Waals surface area contributed by atoms with Gasteiger partial charge in [0.15, 0.2) is 5.79 Å². The van der Waals surface area contributed by atoms with Crippen LogP contribution in [0.5, 0.6) is 0 Å². The summed E-state index contributed by atoms with van der Waals surface area (Å²) in [6.45, 7) is 3.80. The molecule has 1 N–H and O–H groups in total. The second-order valence-electron chi connectivity index (χ2n) is 3.87. The van der Waals surface area contributed by atoms with Gasteiger partial charge in [-0.1, -0.05) is 0 Å². The largest absolute Gasteiger partial charge is 0.380 e. The minimum atomic E-state index is -0.534. The average Bonchev–Trinajstić information content (AvgIpc) is 2.75. The molecule has 0 atom stereocenters. The minimum Gasteiger partial charge on any atom is -0.380 e. The molecule has 1 aromatic carbocycles. The van der Waals surface area contributed by atoms with E-state index in [2.05, 4.69) is 11.4 Å². The zero-order valence-corrected chi connectivity index (χ0v) is 9.19. The Bertz CT molecular complexity index is 388. The number of benzene rings is 1. The second kappa shape index (κ2) is 4.52. The van der Waals surface area contributed by atoms with Crippen LogP contribution in [0.3, 0.4) is 0 Å². The molecule has 1 saturated heterocycles. The van der Waals surface area contributed by atoms with Gasteiger partial charge in [-0.15, -0.1) is 0 Å². The smallest absolute Gasteiger partial charge is 0.182 e. The summed E-state index contributed by atoms with van der Waals surface area (Å²) in [4.78, 5) is 0. The van der Waals surface area contributed by atoms with E-state index in [9.17, 15) is 0 Å². The molecule has 0 aromatic heterocycles. The van der Waals surface area contributed by atoms with Gasteiger partial charge in [0.25, 0.3) is 0 Å². The third kappa shape index (κ3) is 2.51. The Morgan fingerprint density at radius 1 is 1.31 bits per heavy atom. The number of hydrogen-bond donors (Lipinski definition) is 1. The van der Waals surface area contributed by atoms with Gasteiger partial charge in [0.2, 0.25) is 0 Å². The van der Waals surface area contributed by atoms with Crippen molar-refractivity contribution in [3.05, 3.63) is 29.8 Å². The maximum absolute atomic E-state index is 8.66. The van der Waals surface area contributed by atoms with Crippen LogP contribution >= 0.6 is 0 Å². The molecule has 0 saturated carbocycles. The van der Waals surface area contributed by atoms with Crippen LogP contribution in [0.25, 0.3) is 0 Å². The molecular formula is C12H14N2O2. The van der Waals surface area contributed by atoms with Crippen molar-refractivity contribution < 1.29 is 9.47 Å². The van der Waals surface area contributed by atoms with E-state index in [0.717, 1.165) is 5.69 Å². The van der Waals surface area contributed by atoms with Crippen LogP contribution < -0.4 is 5.32 Å². The molecule has 0 aliphatic carbocycles. The van der Waals surface area contributed by atoms with E-state index < -0.39 is 5.79 Å². The molecule has 1 aliphatic rings. The fourth-order valence-corrected chi connectivity index (χ4v) is 1.58.